The van der Waals surface area contributed by atoms with E-state index in [-0.39, 0.29) is 6.54 Å². The van der Waals surface area contributed by atoms with Crippen LogP contribution in [0.1, 0.15) is 12.8 Å². The van der Waals surface area contributed by atoms with Gasteiger partial charge in [0.05, 0.1) is 7.11 Å². The summed E-state index contributed by atoms with van der Waals surface area (Å²) in [5.74, 6) is 0.146. The smallest absolute Gasteiger partial charge is 0.422 e. The van der Waals surface area contributed by atoms with Gasteiger partial charge >= 0.3 is 12.3 Å². The van der Waals surface area contributed by atoms with Crippen molar-refractivity contribution < 1.29 is 32.2 Å². The topological polar surface area (TPSA) is 67.9 Å². The summed E-state index contributed by atoms with van der Waals surface area (Å²) >= 11 is 0. The third-order valence-corrected chi connectivity index (χ3v) is 3.51. The molecule has 0 bridgehead atoms. The second kappa shape index (κ2) is 7.41. The molecule has 0 radical (unpaired) electrons. The van der Waals surface area contributed by atoms with E-state index in [1.165, 1.54) is 7.11 Å². The summed E-state index contributed by atoms with van der Waals surface area (Å²) in [6, 6.07) is 5.70. The predicted molar refractivity (Wildman–Crippen MR) is 78.8 cm³/mol. The quantitative estimate of drug-likeness (QED) is 0.910. The maximum atomic E-state index is 12.3. The van der Waals surface area contributed by atoms with Crippen LogP contribution in [0.5, 0.6) is 5.75 Å². The van der Waals surface area contributed by atoms with Crippen LogP contribution < -0.4 is 10.1 Å². The molecule has 9 heteroatoms. The Morgan fingerprint density at radius 2 is 1.96 bits per heavy atom. The third kappa shape index (κ3) is 4.77. The molecule has 1 aliphatic rings. The molecule has 1 N–H and O–H groups in total. The number of carbonyl (C=O) groups is 2. The third-order valence-electron chi connectivity index (χ3n) is 3.51. The van der Waals surface area contributed by atoms with Gasteiger partial charge in [0.2, 0.25) is 5.91 Å². The number of benzene rings is 1. The summed E-state index contributed by atoms with van der Waals surface area (Å²) in [6.07, 6.45) is -4.86. The minimum Gasteiger partial charge on any atom is -0.497 e. The van der Waals surface area contributed by atoms with Crippen molar-refractivity contribution in [3.8, 4) is 5.75 Å². The van der Waals surface area contributed by atoms with Gasteiger partial charge in [-0.3, -0.25) is 9.69 Å². The average Bonchev–Trinajstić information content (AvgIpc) is 3.02. The van der Waals surface area contributed by atoms with Crippen molar-refractivity contribution in [2.24, 2.45) is 0 Å². The highest BCUT2D eigenvalue weighted by molar-refractivity contribution is 5.96. The fraction of sp³-hybridized carbons (Fsp3) is 0.467. The Bertz CT molecular complexity index is 589. The zero-order valence-corrected chi connectivity index (χ0v) is 12.9. The Balaban J connectivity index is 1.95. The molecule has 1 aliphatic heterocycles. The molecule has 0 saturated carbocycles. The predicted octanol–water partition coefficient (Wildman–Crippen LogP) is 2.80. The molecular formula is C15H17F3N2O4. The maximum Gasteiger partial charge on any atom is 0.422 e. The van der Waals surface area contributed by atoms with Crippen LogP contribution in [0.25, 0.3) is 0 Å². The minimum absolute atomic E-state index is 0.178. The molecule has 0 aromatic heterocycles. The van der Waals surface area contributed by atoms with E-state index >= 15 is 0 Å². The number of halogens is 3. The lowest BCUT2D eigenvalue weighted by Crippen LogP contribution is -2.44. The highest BCUT2D eigenvalue weighted by Crippen LogP contribution is 2.22. The Labute approximate surface area is 136 Å². The number of alkyl halides is 3. The van der Waals surface area contributed by atoms with Crippen LogP contribution in [-0.2, 0) is 9.53 Å². The van der Waals surface area contributed by atoms with E-state index in [1.54, 1.807) is 24.3 Å². The summed E-state index contributed by atoms with van der Waals surface area (Å²) in [4.78, 5) is 25.0. The van der Waals surface area contributed by atoms with Crippen molar-refractivity contribution >= 4 is 17.7 Å². The first kappa shape index (κ1) is 17.9. The molecule has 6 nitrogen and oxygen atoms in total. The van der Waals surface area contributed by atoms with Crippen molar-refractivity contribution in [2.75, 3.05) is 25.6 Å². The van der Waals surface area contributed by atoms with E-state index in [0.717, 1.165) is 4.90 Å². The first-order valence-electron chi connectivity index (χ1n) is 7.25. The Morgan fingerprint density at radius 3 is 2.54 bits per heavy atom. The van der Waals surface area contributed by atoms with Gasteiger partial charge in [-0.2, -0.15) is 13.2 Å². The lowest BCUT2D eigenvalue weighted by molar-refractivity contribution is -0.162. The van der Waals surface area contributed by atoms with Gasteiger partial charge in [-0.05, 0) is 37.1 Å². The minimum atomic E-state index is -4.60. The molecule has 24 heavy (non-hydrogen) atoms. The van der Waals surface area contributed by atoms with Gasteiger partial charge in [0.1, 0.15) is 11.8 Å². The zero-order chi connectivity index (χ0) is 17.7. The van der Waals surface area contributed by atoms with Crippen molar-refractivity contribution in [1.82, 2.24) is 4.90 Å². The summed E-state index contributed by atoms with van der Waals surface area (Å²) in [5.41, 5.74) is 0.497. The number of nitrogens with one attached hydrogen (secondary N) is 1. The number of rotatable bonds is 4. The zero-order valence-electron chi connectivity index (χ0n) is 12.9. The van der Waals surface area contributed by atoms with Crippen LogP contribution in [0.3, 0.4) is 0 Å². The highest BCUT2D eigenvalue weighted by Gasteiger charge is 2.37. The van der Waals surface area contributed by atoms with E-state index in [2.05, 4.69) is 10.1 Å². The van der Waals surface area contributed by atoms with Gasteiger partial charge in [0.15, 0.2) is 6.61 Å². The normalized spacial score (nSPS) is 17.5. The molecule has 1 aromatic rings. The van der Waals surface area contributed by atoms with E-state index in [1.807, 2.05) is 0 Å². The van der Waals surface area contributed by atoms with Crippen molar-refractivity contribution in [3.63, 3.8) is 0 Å². The molecule has 1 heterocycles. The van der Waals surface area contributed by atoms with Crippen molar-refractivity contribution in [2.45, 2.75) is 25.1 Å². The maximum absolute atomic E-state index is 12.3. The molecule has 2 amide bonds. The molecule has 1 unspecified atom stereocenters. The molecule has 132 valence electrons. The Hall–Kier alpha value is -2.45. The van der Waals surface area contributed by atoms with Gasteiger partial charge in [0.25, 0.3) is 0 Å². The fourth-order valence-electron chi connectivity index (χ4n) is 2.38. The lowest BCUT2D eigenvalue weighted by Gasteiger charge is -2.23. The molecule has 1 atom stereocenters. The van der Waals surface area contributed by atoms with Gasteiger partial charge in [0, 0.05) is 12.2 Å². The number of ether oxygens (including phenoxy) is 2. The number of hydrogen-bond donors (Lipinski definition) is 1. The lowest BCUT2D eigenvalue weighted by atomic mass is 10.2. The van der Waals surface area contributed by atoms with Gasteiger partial charge in [-0.15, -0.1) is 0 Å². The first-order valence-corrected chi connectivity index (χ1v) is 7.25. The summed E-state index contributed by atoms with van der Waals surface area (Å²) in [7, 11) is 1.51. The van der Waals surface area contributed by atoms with Crippen LogP contribution in [0.2, 0.25) is 0 Å². The van der Waals surface area contributed by atoms with Gasteiger partial charge in [-0.25, -0.2) is 4.79 Å². The Morgan fingerprint density at radius 1 is 1.29 bits per heavy atom. The van der Waals surface area contributed by atoms with Crippen LogP contribution in [0.4, 0.5) is 23.7 Å². The summed E-state index contributed by atoms with van der Waals surface area (Å²) in [6.45, 7) is -1.49. The fourth-order valence-corrected chi connectivity index (χ4v) is 2.38. The number of carbonyl (C=O) groups excluding carboxylic acids is 2. The van der Waals surface area contributed by atoms with Crippen molar-refractivity contribution in [1.29, 1.82) is 0 Å². The Kier molecular flexibility index (Phi) is 5.53. The largest absolute Gasteiger partial charge is 0.497 e. The molecule has 0 aliphatic carbocycles. The van der Waals surface area contributed by atoms with E-state index < -0.39 is 30.8 Å². The van der Waals surface area contributed by atoms with Crippen LogP contribution in [0, 0.1) is 0 Å². The van der Waals surface area contributed by atoms with Gasteiger partial charge < -0.3 is 14.8 Å². The summed E-state index contributed by atoms with van der Waals surface area (Å²) < 4.78 is 45.6. The molecule has 1 aromatic carbocycles. The number of anilines is 1. The molecule has 1 fully saturated rings. The van der Waals surface area contributed by atoms with Gasteiger partial charge in [-0.1, -0.05) is 0 Å². The van der Waals surface area contributed by atoms with E-state index in [4.69, 9.17) is 4.74 Å². The number of amides is 2. The number of likely N-dealkylation sites (tertiary alicyclic amines) is 1. The number of hydrogen-bond acceptors (Lipinski definition) is 4. The van der Waals surface area contributed by atoms with E-state index in [0.29, 0.717) is 24.3 Å². The summed E-state index contributed by atoms with van der Waals surface area (Å²) in [5, 5.41) is 2.63. The molecule has 1 saturated heterocycles. The van der Waals surface area contributed by atoms with Crippen LogP contribution in [-0.4, -0.2) is 49.4 Å². The molecule has 2 rings (SSSR count). The standard InChI is InChI=1S/C15H17F3N2O4/c1-23-11-6-4-10(5-7-11)19-13(21)12-3-2-8-20(12)14(22)24-9-15(16,17)18/h4-7,12H,2-3,8-9H2,1H3,(H,19,21). The van der Waals surface area contributed by atoms with Crippen LogP contribution in [0.15, 0.2) is 24.3 Å². The average molecular weight is 346 g/mol. The van der Waals surface area contributed by atoms with E-state index in [9.17, 15) is 22.8 Å². The second-order valence-electron chi connectivity index (χ2n) is 5.24. The van der Waals surface area contributed by atoms with Crippen LogP contribution >= 0.6 is 0 Å². The van der Waals surface area contributed by atoms with Crippen molar-refractivity contribution in [3.05, 3.63) is 24.3 Å². The second-order valence-corrected chi connectivity index (χ2v) is 5.24. The highest BCUT2D eigenvalue weighted by atomic mass is 19.4. The monoisotopic (exact) mass is 346 g/mol. The molecular weight excluding hydrogens is 329 g/mol. The molecule has 0 spiro atoms. The number of methoxy groups -OCH3 is 1. The first-order chi connectivity index (χ1) is 11.3. The SMILES string of the molecule is COc1ccc(NC(=O)C2CCCN2C(=O)OCC(F)(F)F)cc1. The number of nitrogens with zero attached hydrogens (tertiary/aromatic N) is 1.